The molecule has 196 valence electrons. The Morgan fingerprint density at radius 3 is 2.26 bits per heavy atom. The molecule has 1 amide bonds. The van der Waals surface area contributed by atoms with Gasteiger partial charge in [-0.05, 0) is 82.4 Å². The van der Waals surface area contributed by atoms with Crippen molar-refractivity contribution in [1.29, 1.82) is 0 Å². The molecule has 2 heterocycles. The fourth-order valence-electron chi connectivity index (χ4n) is 6.69. The van der Waals surface area contributed by atoms with Crippen LogP contribution >= 0.6 is 11.6 Å². The minimum absolute atomic E-state index is 0.0169. The molecule has 4 nitrogen and oxygen atoms in total. The fraction of sp³-hybridized carbons (Fsp3) is 0.767. The largest absolute Gasteiger partial charge is 0.341 e. The summed E-state index contributed by atoms with van der Waals surface area (Å²) in [6, 6.07) is 9.39. The van der Waals surface area contributed by atoms with Gasteiger partial charge >= 0.3 is 0 Å². The molecule has 0 aromatic heterocycles. The van der Waals surface area contributed by atoms with E-state index >= 15 is 0 Å². The molecule has 1 aromatic rings. The zero-order chi connectivity index (χ0) is 25.3. The van der Waals surface area contributed by atoms with Crippen molar-refractivity contribution in [1.82, 2.24) is 14.7 Å². The SMILES string of the molecule is CC(C)CN(C1CCC(C)CC1)C1CCN(C(=O)C2CN(C(C)(C)C)C[C@H]2c2ccc(Cl)cc2)C1. The molecule has 2 unspecified atom stereocenters. The van der Waals surface area contributed by atoms with Gasteiger partial charge in [-0.25, -0.2) is 0 Å². The van der Waals surface area contributed by atoms with Crippen LogP contribution in [-0.2, 0) is 4.79 Å². The highest BCUT2D eigenvalue weighted by Gasteiger charge is 2.45. The maximum absolute atomic E-state index is 14.0. The number of hydrogen-bond donors (Lipinski definition) is 0. The summed E-state index contributed by atoms with van der Waals surface area (Å²) >= 11 is 6.19. The highest BCUT2D eigenvalue weighted by atomic mass is 35.5. The Bertz CT molecular complexity index is 840. The van der Waals surface area contributed by atoms with E-state index in [-0.39, 0.29) is 17.4 Å². The van der Waals surface area contributed by atoms with E-state index in [1.807, 2.05) is 12.1 Å². The van der Waals surface area contributed by atoms with Crippen LogP contribution in [0.2, 0.25) is 5.02 Å². The number of benzene rings is 1. The maximum Gasteiger partial charge on any atom is 0.227 e. The van der Waals surface area contributed by atoms with Crippen LogP contribution in [-0.4, -0.2) is 71.0 Å². The highest BCUT2D eigenvalue weighted by molar-refractivity contribution is 6.30. The number of amides is 1. The summed E-state index contributed by atoms with van der Waals surface area (Å²) in [5.74, 6) is 2.13. The third kappa shape index (κ3) is 6.43. The molecule has 0 N–H and O–H groups in total. The summed E-state index contributed by atoms with van der Waals surface area (Å²) in [7, 11) is 0. The average molecular weight is 502 g/mol. The predicted octanol–water partition coefficient (Wildman–Crippen LogP) is 6.29. The summed E-state index contributed by atoms with van der Waals surface area (Å²) < 4.78 is 0. The summed E-state index contributed by atoms with van der Waals surface area (Å²) in [6.07, 6.45) is 6.45. The lowest BCUT2D eigenvalue weighted by Gasteiger charge is -2.41. The molecule has 1 aliphatic carbocycles. The van der Waals surface area contributed by atoms with Gasteiger partial charge in [0, 0.05) is 61.3 Å². The summed E-state index contributed by atoms with van der Waals surface area (Å²) in [5, 5.41) is 0.757. The zero-order valence-electron chi connectivity index (χ0n) is 23.0. The Morgan fingerprint density at radius 1 is 1.00 bits per heavy atom. The molecule has 3 aliphatic rings. The number of halogens is 1. The number of likely N-dealkylation sites (tertiary alicyclic amines) is 2. The van der Waals surface area contributed by atoms with Crippen molar-refractivity contribution in [2.45, 2.75) is 97.2 Å². The quantitative estimate of drug-likeness (QED) is 0.458. The van der Waals surface area contributed by atoms with Gasteiger partial charge in [0.05, 0.1) is 5.92 Å². The smallest absolute Gasteiger partial charge is 0.227 e. The molecule has 3 atom stereocenters. The van der Waals surface area contributed by atoms with Crippen molar-refractivity contribution < 1.29 is 4.79 Å². The maximum atomic E-state index is 14.0. The van der Waals surface area contributed by atoms with Gasteiger partial charge in [-0.15, -0.1) is 0 Å². The molecule has 0 bridgehead atoms. The van der Waals surface area contributed by atoms with Crippen LogP contribution in [0.25, 0.3) is 0 Å². The van der Waals surface area contributed by atoms with Crippen molar-refractivity contribution in [3.8, 4) is 0 Å². The minimum Gasteiger partial charge on any atom is -0.341 e. The Hall–Kier alpha value is -1.10. The van der Waals surface area contributed by atoms with Crippen molar-refractivity contribution in [2.24, 2.45) is 17.8 Å². The van der Waals surface area contributed by atoms with E-state index in [0.717, 1.165) is 50.1 Å². The molecule has 35 heavy (non-hydrogen) atoms. The monoisotopic (exact) mass is 501 g/mol. The van der Waals surface area contributed by atoms with Crippen molar-refractivity contribution in [3.63, 3.8) is 0 Å². The van der Waals surface area contributed by atoms with Crippen LogP contribution in [0, 0.1) is 17.8 Å². The molecule has 3 fully saturated rings. The molecule has 4 rings (SSSR count). The van der Waals surface area contributed by atoms with Gasteiger partial charge in [0.25, 0.3) is 0 Å². The first kappa shape index (κ1) is 26.9. The van der Waals surface area contributed by atoms with E-state index in [1.54, 1.807) is 0 Å². The second kappa shape index (κ2) is 11.1. The van der Waals surface area contributed by atoms with Gasteiger partial charge in [-0.3, -0.25) is 14.6 Å². The molecule has 0 radical (unpaired) electrons. The molecular weight excluding hydrogens is 454 g/mol. The van der Waals surface area contributed by atoms with Gasteiger partial charge in [0.1, 0.15) is 0 Å². The standard InChI is InChI=1S/C30H48ClN3O/c1-21(2)17-34(25-13-7-22(3)8-14-25)26-15-16-32(18-26)29(35)28-20-33(30(4,5)6)19-27(28)23-9-11-24(31)12-10-23/h9-12,21-22,25-28H,7-8,13-20H2,1-6H3/t22?,25?,26?,27-,28?/m0/s1. The van der Waals surface area contributed by atoms with Crippen LogP contribution in [0.15, 0.2) is 24.3 Å². The van der Waals surface area contributed by atoms with E-state index in [2.05, 4.69) is 68.4 Å². The van der Waals surface area contributed by atoms with Crippen LogP contribution in [0.1, 0.15) is 85.1 Å². The van der Waals surface area contributed by atoms with E-state index in [1.165, 1.54) is 31.2 Å². The first-order valence-electron chi connectivity index (χ1n) is 14.1. The topological polar surface area (TPSA) is 26.8 Å². The van der Waals surface area contributed by atoms with Crippen LogP contribution in [0.3, 0.4) is 0 Å². The summed E-state index contributed by atoms with van der Waals surface area (Å²) in [6.45, 7) is 18.6. The lowest BCUT2D eigenvalue weighted by Crippen LogP contribution is -2.48. The Labute approximate surface area is 219 Å². The van der Waals surface area contributed by atoms with Crippen LogP contribution < -0.4 is 0 Å². The average Bonchev–Trinajstić information content (AvgIpc) is 3.46. The summed E-state index contributed by atoms with van der Waals surface area (Å²) in [5.41, 5.74) is 1.30. The third-order valence-corrected chi connectivity index (χ3v) is 9.11. The van der Waals surface area contributed by atoms with Gasteiger partial charge in [0.15, 0.2) is 0 Å². The first-order valence-corrected chi connectivity index (χ1v) is 14.5. The van der Waals surface area contributed by atoms with Crippen LogP contribution in [0.4, 0.5) is 0 Å². The van der Waals surface area contributed by atoms with Gasteiger partial charge in [-0.1, -0.05) is 44.5 Å². The Kier molecular flexibility index (Phi) is 8.55. The molecule has 0 spiro atoms. The lowest BCUT2D eigenvalue weighted by atomic mass is 9.85. The second-order valence-corrected chi connectivity index (χ2v) is 13.5. The van der Waals surface area contributed by atoms with Gasteiger partial charge in [0.2, 0.25) is 5.91 Å². The molecule has 2 saturated heterocycles. The number of carbonyl (C=O) groups is 1. The lowest BCUT2D eigenvalue weighted by molar-refractivity contribution is -0.134. The van der Waals surface area contributed by atoms with E-state index in [4.69, 9.17) is 11.6 Å². The Balaban J connectivity index is 1.48. The number of nitrogens with zero attached hydrogens (tertiary/aromatic N) is 3. The fourth-order valence-corrected chi connectivity index (χ4v) is 6.81. The first-order chi connectivity index (χ1) is 16.5. The Morgan fingerprint density at radius 2 is 1.66 bits per heavy atom. The van der Waals surface area contributed by atoms with Crippen molar-refractivity contribution in [3.05, 3.63) is 34.9 Å². The number of rotatable bonds is 6. The van der Waals surface area contributed by atoms with Gasteiger partial charge < -0.3 is 4.90 Å². The number of hydrogen-bond acceptors (Lipinski definition) is 3. The molecule has 1 saturated carbocycles. The predicted molar refractivity (Wildman–Crippen MR) is 147 cm³/mol. The normalized spacial score (nSPS) is 30.5. The van der Waals surface area contributed by atoms with Crippen molar-refractivity contribution >= 4 is 17.5 Å². The second-order valence-electron chi connectivity index (χ2n) is 13.1. The number of carbonyl (C=O) groups excluding carboxylic acids is 1. The zero-order valence-corrected chi connectivity index (χ0v) is 23.7. The van der Waals surface area contributed by atoms with E-state index in [0.29, 0.717) is 23.9 Å². The highest BCUT2D eigenvalue weighted by Crippen LogP contribution is 2.39. The molecule has 5 heteroatoms. The third-order valence-electron chi connectivity index (χ3n) is 8.86. The molecular formula is C30H48ClN3O. The molecule has 2 aliphatic heterocycles. The molecule has 1 aromatic carbocycles. The summed E-state index contributed by atoms with van der Waals surface area (Å²) in [4.78, 5) is 21.5. The van der Waals surface area contributed by atoms with E-state index in [9.17, 15) is 4.79 Å². The van der Waals surface area contributed by atoms with E-state index < -0.39 is 0 Å². The minimum atomic E-state index is 0.0169. The van der Waals surface area contributed by atoms with Crippen molar-refractivity contribution in [2.75, 3.05) is 32.7 Å². The van der Waals surface area contributed by atoms with Gasteiger partial charge in [-0.2, -0.15) is 0 Å². The van der Waals surface area contributed by atoms with Crippen LogP contribution in [0.5, 0.6) is 0 Å².